The quantitative estimate of drug-likeness (QED) is 0.631. The molecule has 0 heterocycles. The summed E-state index contributed by atoms with van der Waals surface area (Å²) >= 11 is 15.4. The number of ether oxygens (including phenoxy) is 1. The Labute approximate surface area is 114 Å². The van der Waals surface area contributed by atoms with Crippen LogP contribution in [-0.2, 0) is 4.74 Å². The minimum Gasteiger partial charge on any atom is -0.381 e. The van der Waals surface area contributed by atoms with Gasteiger partial charge in [0.25, 0.3) is 0 Å². The fourth-order valence-electron chi connectivity index (χ4n) is 1.14. The van der Waals surface area contributed by atoms with Crippen molar-refractivity contribution < 1.29 is 4.74 Å². The molecule has 90 valence electrons. The van der Waals surface area contributed by atoms with E-state index >= 15 is 0 Å². The molecule has 0 radical (unpaired) electrons. The molecule has 0 fully saturated rings. The van der Waals surface area contributed by atoms with E-state index in [1.54, 1.807) is 0 Å². The van der Waals surface area contributed by atoms with Gasteiger partial charge in [-0.3, -0.25) is 0 Å². The molecule has 0 aliphatic rings. The van der Waals surface area contributed by atoms with E-state index in [0.717, 1.165) is 10.2 Å². The first-order chi connectivity index (χ1) is 7.52. The van der Waals surface area contributed by atoms with Crippen LogP contribution in [0.2, 0.25) is 10.0 Å². The Morgan fingerprint density at radius 2 is 2.00 bits per heavy atom. The number of hydrogen-bond acceptors (Lipinski definition) is 2. The Morgan fingerprint density at radius 3 is 2.62 bits per heavy atom. The van der Waals surface area contributed by atoms with Gasteiger partial charge in [0.2, 0.25) is 0 Å². The lowest BCUT2D eigenvalue weighted by molar-refractivity contribution is 0.0870. The topological polar surface area (TPSA) is 21.3 Å². The molecule has 1 rings (SSSR count). The van der Waals surface area contributed by atoms with Gasteiger partial charge in [0, 0.05) is 11.0 Å². The summed E-state index contributed by atoms with van der Waals surface area (Å²) in [7, 11) is 0. The molecule has 0 unspecified atom stereocenters. The van der Waals surface area contributed by atoms with Gasteiger partial charge in [0.05, 0.1) is 28.4 Å². The number of hydrogen-bond donors (Lipinski definition) is 1. The van der Waals surface area contributed by atoms with Crippen LogP contribution in [-0.4, -0.2) is 19.3 Å². The molecule has 0 amide bonds. The Hall–Kier alpha value is 0.0400. The molecule has 0 aliphatic carbocycles. The van der Waals surface area contributed by atoms with Crippen molar-refractivity contribution in [2.75, 3.05) is 18.5 Å². The van der Waals surface area contributed by atoms with Crippen LogP contribution < -0.4 is 5.32 Å². The van der Waals surface area contributed by atoms with Gasteiger partial charge in [0.1, 0.15) is 0 Å². The van der Waals surface area contributed by atoms with Crippen LogP contribution >= 0.6 is 39.1 Å². The van der Waals surface area contributed by atoms with E-state index < -0.39 is 0 Å². The molecule has 1 aromatic carbocycles. The van der Waals surface area contributed by atoms with Crippen LogP contribution in [0.4, 0.5) is 5.69 Å². The summed E-state index contributed by atoms with van der Waals surface area (Å²) in [5.74, 6) is 0. The van der Waals surface area contributed by atoms with Gasteiger partial charge in [0.15, 0.2) is 0 Å². The van der Waals surface area contributed by atoms with Crippen molar-refractivity contribution >= 4 is 44.8 Å². The summed E-state index contributed by atoms with van der Waals surface area (Å²) < 4.78 is 6.20. The lowest BCUT2D eigenvalue weighted by Gasteiger charge is -2.11. The summed E-state index contributed by atoms with van der Waals surface area (Å²) in [4.78, 5) is 0. The molecule has 0 spiro atoms. The summed E-state index contributed by atoms with van der Waals surface area (Å²) in [6.07, 6.45) is 0.241. The molecule has 1 aromatic rings. The van der Waals surface area contributed by atoms with Crippen LogP contribution in [0.1, 0.15) is 13.8 Å². The Bertz CT molecular complexity index is 358. The Morgan fingerprint density at radius 1 is 1.31 bits per heavy atom. The van der Waals surface area contributed by atoms with E-state index in [-0.39, 0.29) is 6.10 Å². The fraction of sp³-hybridized carbons (Fsp3) is 0.455. The lowest BCUT2D eigenvalue weighted by Crippen LogP contribution is -2.13. The van der Waals surface area contributed by atoms with Crippen molar-refractivity contribution in [1.29, 1.82) is 0 Å². The van der Waals surface area contributed by atoms with Crippen molar-refractivity contribution in [3.8, 4) is 0 Å². The zero-order valence-electron chi connectivity index (χ0n) is 9.19. The normalized spacial score (nSPS) is 10.9. The maximum Gasteiger partial charge on any atom is 0.0835 e. The lowest BCUT2D eigenvalue weighted by atomic mass is 10.3. The molecule has 0 bridgehead atoms. The van der Waals surface area contributed by atoms with Gasteiger partial charge in [-0.25, -0.2) is 0 Å². The van der Waals surface area contributed by atoms with Crippen LogP contribution in [0.25, 0.3) is 0 Å². The van der Waals surface area contributed by atoms with Crippen LogP contribution in [0.3, 0.4) is 0 Å². The zero-order chi connectivity index (χ0) is 12.1. The summed E-state index contributed by atoms with van der Waals surface area (Å²) in [5.41, 5.74) is 0.822. The molecular weight excluding hydrogens is 313 g/mol. The van der Waals surface area contributed by atoms with E-state index in [4.69, 9.17) is 27.9 Å². The Balaban J connectivity index is 2.52. The fourth-order valence-corrected chi connectivity index (χ4v) is 1.98. The van der Waals surface area contributed by atoms with E-state index in [1.165, 1.54) is 0 Å². The summed E-state index contributed by atoms with van der Waals surface area (Å²) in [6, 6.07) is 3.74. The zero-order valence-corrected chi connectivity index (χ0v) is 12.3. The van der Waals surface area contributed by atoms with Crippen molar-refractivity contribution in [2.45, 2.75) is 20.0 Å². The highest BCUT2D eigenvalue weighted by Crippen LogP contribution is 2.35. The van der Waals surface area contributed by atoms with E-state index in [9.17, 15) is 0 Å². The van der Waals surface area contributed by atoms with Gasteiger partial charge in [-0.15, -0.1) is 0 Å². The second-order valence-corrected chi connectivity index (χ2v) is 5.18. The second-order valence-electron chi connectivity index (χ2n) is 3.57. The van der Waals surface area contributed by atoms with Crippen molar-refractivity contribution in [1.82, 2.24) is 0 Å². The third-order valence-corrected chi connectivity index (χ3v) is 3.67. The molecule has 0 atom stereocenters. The number of rotatable bonds is 5. The molecule has 0 saturated heterocycles. The molecular formula is C11H14BrCl2NO. The monoisotopic (exact) mass is 325 g/mol. The molecule has 0 saturated carbocycles. The van der Waals surface area contributed by atoms with E-state index in [2.05, 4.69) is 21.2 Å². The smallest absolute Gasteiger partial charge is 0.0835 e. The van der Waals surface area contributed by atoms with E-state index in [0.29, 0.717) is 23.2 Å². The molecule has 16 heavy (non-hydrogen) atoms. The largest absolute Gasteiger partial charge is 0.381 e. The van der Waals surface area contributed by atoms with Crippen molar-refractivity contribution in [3.05, 3.63) is 26.7 Å². The van der Waals surface area contributed by atoms with Crippen molar-refractivity contribution in [2.24, 2.45) is 0 Å². The number of anilines is 1. The predicted molar refractivity (Wildman–Crippen MR) is 73.7 cm³/mol. The van der Waals surface area contributed by atoms with Gasteiger partial charge in [-0.05, 0) is 41.9 Å². The standard InChI is InChI=1S/C11H14BrCl2NO/c1-7(2)16-6-5-15-9-4-3-8(12)10(13)11(9)14/h3-4,7,15H,5-6H2,1-2H3. The van der Waals surface area contributed by atoms with Crippen LogP contribution in [0.15, 0.2) is 16.6 Å². The molecule has 5 heteroatoms. The minimum absolute atomic E-state index is 0.241. The first-order valence-corrected chi connectivity index (χ1v) is 6.56. The Kier molecular flexibility index (Phi) is 5.90. The second kappa shape index (κ2) is 6.70. The summed E-state index contributed by atoms with van der Waals surface area (Å²) in [5, 5.41) is 4.23. The van der Waals surface area contributed by atoms with Crippen LogP contribution in [0, 0.1) is 0 Å². The first kappa shape index (κ1) is 14.1. The van der Waals surface area contributed by atoms with Crippen LogP contribution in [0.5, 0.6) is 0 Å². The molecule has 0 aliphatic heterocycles. The average Bonchev–Trinajstić information content (AvgIpc) is 2.23. The SMILES string of the molecule is CC(C)OCCNc1ccc(Br)c(Cl)c1Cl. The summed E-state index contributed by atoms with van der Waals surface area (Å²) in [6.45, 7) is 5.35. The number of halogens is 3. The third kappa shape index (κ3) is 4.13. The molecule has 1 N–H and O–H groups in total. The highest BCUT2D eigenvalue weighted by atomic mass is 79.9. The van der Waals surface area contributed by atoms with Gasteiger partial charge < -0.3 is 10.1 Å². The minimum atomic E-state index is 0.241. The maximum absolute atomic E-state index is 6.07. The van der Waals surface area contributed by atoms with E-state index in [1.807, 2.05) is 26.0 Å². The van der Waals surface area contributed by atoms with Gasteiger partial charge >= 0.3 is 0 Å². The number of benzene rings is 1. The van der Waals surface area contributed by atoms with Gasteiger partial charge in [-0.2, -0.15) is 0 Å². The first-order valence-electron chi connectivity index (χ1n) is 5.01. The predicted octanol–water partition coefficient (Wildman–Crippen LogP) is 4.59. The highest BCUT2D eigenvalue weighted by molar-refractivity contribution is 9.10. The highest BCUT2D eigenvalue weighted by Gasteiger charge is 2.07. The molecule has 2 nitrogen and oxygen atoms in total. The average molecular weight is 327 g/mol. The molecule has 0 aromatic heterocycles. The number of nitrogens with one attached hydrogen (secondary N) is 1. The third-order valence-electron chi connectivity index (χ3n) is 1.90. The van der Waals surface area contributed by atoms with Crippen molar-refractivity contribution in [3.63, 3.8) is 0 Å². The van der Waals surface area contributed by atoms with Gasteiger partial charge in [-0.1, -0.05) is 23.2 Å². The maximum atomic E-state index is 6.07.